The van der Waals surface area contributed by atoms with Crippen LogP contribution in [0.1, 0.15) is 6.92 Å². The van der Waals surface area contributed by atoms with E-state index in [9.17, 15) is 0 Å². The van der Waals surface area contributed by atoms with Crippen LogP contribution in [0.25, 0.3) is 0 Å². The molecule has 0 aliphatic heterocycles. The van der Waals surface area contributed by atoms with Gasteiger partial charge in [-0.1, -0.05) is 0 Å². The second kappa shape index (κ2) is 7.42. The number of nitrogens with two attached hydrogens (primary N) is 4. The van der Waals surface area contributed by atoms with Crippen LogP contribution >= 0.6 is 0 Å². The average Bonchev–Trinajstić information content (AvgIpc) is 2.37. The molecule has 0 aliphatic rings. The van der Waals surface area contributed by atoms with Gasteiger partial charge in [-0.2, -0.15) is 29.9 Å². The van der Waals surface area contributed by atoms with Gasteiger partial charge in [0, 0.05) is 0 Å². The Kier molecular flexibility index (Phi) is 5.61. The highest BCUT2D eigenvalue weighted by atomic mass is 16.5. The van der Waals surface area contributed by atoms with Gasteiger partial charge in [0.15, 0.2) is 0 Å². The zero-order valence-corrected chi connectivity index (χ0v) is 11.5. The van der Waals surface area contributed by atoms with Crippen LogP contribution in [0.3, 0.4) is 0 Å². The molecule has 0 amide bonds. The fraction of sp³-hybridized carbons (Fsp3) is 0.333. The second-order valence-electron chi connectivity index (χ2n) is 3.31. The Morgan fingerprint density at radius 2 is 1.10 bits per heavy atom. The van der Waals surface area contributed by atoms with Gasteiger partial charge >= 0.3 is 12.0 Å². The highest BCUT2D eigenvalue weighted by Crippen LogP contribution is 2.05. The number of methoxy groups -OCH3 is 1. The van der Waals surface area contributed by atoms with Crippen molar-refractivity contribution in [2.45, 2.75) is 6.92 Å². The van der Waals surface area contributed by atoms with Gasteiger partial charge in [-0.25, -0.2) is 0 Å². The summed E-state index contributed by atoms with van der Waals surface area (Å²) in [4.78, 5) is 21.7. The molecular weight excluding hydrogens is 280 g/mol. The molecule has 8 N–H and O–H groups in total. The first-order valence-corrected chi connectivity index (χ1v) is 5.65. The summed E-state index contributed by atoms with van der Waals surface area (Å²) >= 11 is 0. The first-order valence-electron chi connectivity index (χ1n) is 5.65. The molecule has 2 heterocycles. The Hall–Kier alpha value is -3.18. The molecule has 0 aliphatic carbocycles. The Balaban J connectivity index is 0.000000211. The summed E-state index contributed by atoms with van der Waals surface area (Å²) in [7, 11) is 1.42. The lowest BCUT2D eigenvalue weighted by Gasteiger charge is -2.00. The lowest BCUT2D eigenvalue weighted by molar-refractivity contribution is 0.312. The summed E-state index contributed by atoms with van der Waals surface area (Å²) in [6.07, 6.45) is 0. The molecule has 0 fully saturated rings. The zero-order chi connectivity index (χ0) is 15.8. The highest BCUT2D eigenvalue weighted by Gasteiger charge is 2.00. The van der Waals surface area contributed by atoms with Gasteiger partial charge in [0.25, 0.3) is 0 Å². The van der Waals surface area contributed by atoms with Crippen molar-refractivity contribution in [1.29, 1.82) is 0 Å². The average molecular weight is 296 g/mol. The highest BCUT2D eigenvalue weighted by molar-refractivity contribution is 5.28. The van der Waals surface area contributed by atoms with Crippen LogP contribution < -0.4 is 32.4 Å². The largest absolute Gasteiger partial charge is 0.467 e. The van der Waals surface area contributed by atoms with Crippen LogP contribution in [0.4, 0.5) is 23.8 Å². The fourth-order valence-corrected chi connectivity index (χ4v) is 1.06. The molecule has 2 aromatic heterocycles. The SMILES string of the molecule is CCOc1nc(N)nc(N)n1.COc1nc(N)nc(N)n1. The van der Waals surface area contributed by atoms with Crippen molar-refractivity contribution in [3.05, 3.63) is 0 Å². The van der Waals surface area contributed by atoms with Gasteiger partial charge in [0.05, 0.1) is 13.7 Å². The van der Waals surface area contributed by atoms with E-state index in [-0.39, 0.29) is 35.8 Å². The molecule has 2 aromatic rings. The number of rotatable bonds is 3. The van der Waals surface area contributed by atoms with Gasteiger partial charge in [0.1, 0.15) is 0 Å². The van der Waals surface area contributed by atoms with Crippen molar-refractivity contribution in [2.24, 2.45) is 0 Å². The lowest BCUT2D eigenvalue weighted by atomic mass is 10.8. The topological polar surface area (TPSA) is 200 Å². The second-order valence-corrected chi connectivity index (χ2v) is 3.31. The Morgan fingerprint density at radius 3 is 1.43 bits per heavy atom. The van der Waals surface area contributed by atoms with Gasteiger partial charge in [-0.15, -0.1) is 0 Å². The smallest absolute Gasteiger partial charge is 0.323 e. The summed E-state index contributed by atoms with van der Waals surface area (Å²) in [5, 5.41) is 0. The molecule has 0 bridgehead atoms. The van der Waals surface area contributed by atoms with Crippen molar-refractivity contribution in [3.63, 3.8) is 0 Å². The third kappa shape index (κ3) is 5.54. The molecule has 12 heteroatoms. The first-order chi connectivity index (χ1) is 9.94. The third-order valence-electron chi connectivity index (χ3n) is 1.75. The monoisotopic (exact) mass is 296 g/mol. The van der Waals surface area contributed by atoms with Crippen molar-refractivity contribution in [3.8, 4) is 12.0 Å². The minimum Gasteiger partial charge on any atom is -0.467 e. The van der Waals surface area contributed by atoms with E-state index >= 15 is 0 Å². The molecule has 0 unspecified atom stereocenters. The van der Waals surface area contributed by atoms with Crippen LogP contribution in [-0.4, -0.2) is 43.6 Å². The molecule has 21 heavy (non-hydrogen) atoms. The van der Waals surface area contributed by atoms with Gasteiger partial charge in [0.2, 0.25) is 23.8 Å². The van der Waals surface area contributed by atoms with Crippen molar-refractivity contribution < 1.29 is 9.47 Å². The molecule has 0 saturated heterocycles. The van der Waals surface area contributed by atoms with Gasteiger partial charge in [-0.3, -0.25) is 0 Å². The molecule has 0 aromatic carbocycles. The van der Waals surface area contributed by atoms with E-state index < -0.39 is 0 Å². The molecule has 0 spiro atoms. The number of nitrogens with zero attached hydrogens (tertiary/aromatic N) is 6. The standard InChI is InChI=1S/C5H9N5O.C4H7N5O/c1-2-11-5-9-3(6)8-4(7)10-5;1-10-4-8-2(5)7-3(6)9-4/h2H2,1H3,(H4,6,7,8,9,10);1H3,(H4,5,6,7,8,9). The maximum absolute atomic E-state index is 5.27. The maximum Gasteiger partial charge on any atom is 0.323 e. The maximum atomic E-state index is 5.27. The molecule has 0 atom stereocenters. The van der Waals surface area contributed by atoms with E-state index in [0.29, 0.717) is 6.61 Å². The van der Waals surface area contributed by atoms with E-state index in [2.05, 4.69) is 34.6 Å². The summed E-state index contributed by atoms with van der Waals surface area (Å²) in [5.74, 6) is 0.260. The van der Waals surface area contributed by atoms with Crippen LogP contribution in [0.15, 0.2) is 0 Å². The molecular formula is C9H16N10O2. The van der Waals surface area contributed by atoms with Crippen LogP contribution in [0, 0.1) is 0 Å². The van der Waals surface area contributed by atoms with Crippen LogP contribution in [-0.2, 0) is 0 Å². The zero-order valence-electron chi connectivity index (χ0n) is 11.5. The molecule has 2 rings (SSSR count). The Labute approximate surface area is 119 Å². The number of aromatic nitrogens is 6. The summed E-state index contributed by atoms with van der Waals surface area (Å²) < 4.78 is 9.60. The van der Waals surface area contributed by atoms with E-state index in [4.69, 9.17) is 27.7 Å². The minimum absolute atomic E-state index is 0.0596. The molecule has 12 nitrogen and oxygen atoms in total. The van der Waals surface area contributed by atoms with Crippen molar-refractivity contribution in [1.82, 2.24) is 29.9 Å². The number of anilines is 4. The lowest BCUT2D eigenvalue weighted by Crippen LogP contribution is -2.06. The molecule has 0 saturated carbocycles. The Morgan fingerprint density at radius 1 is 0.714 bits per heavy atom. The molecule has 114 valence electrons. The minimum atomic E-state index is 0.0596. The number of hydrogen-bond donors (Lipinski definition) is 4. The van der Waals surface area contributed by atoms with Crippen LogP contribution in [0.5, 0.6) is 12.0 Å². The first kappa shape index (κ1) is 15.9. The number of nitrogen functional groups attached to an aromatic ring is 4. The third-order valence-corrected chi connectivity index (χ3v) is 1.75. The number of ether oxygens (including phenoxy) is 2. The predicted molar refractivity (Wildman–Crippen MR) is 75.0 cm³/mol. The molecule has 0 radical (unpaired) electrons. The summed E-state index contributed by atoms with van der Waals surface area (Å²) in [6, 6.07) is 0.294. The number of hydrogen-bond acceptors (Lipinski definition) is 12. The van der Waals surface area contributed by atoms with E-state index in [1.807, 2.05) is 6.92 Å². The van der Waals surface area contributed by atoms with E-state index in [1.165, 1.54) is 7.11 Å². The predicted octanol–water partition coefficient (Wildman–Crippen LogP) is -1.52. The summed E-state index contributed by atoms with van der Waals surface area (Å²) in [5.41, 5.74) is 21.0. The van der Waals surface area contributed by atoms with E-state index in [1.54, 1.807) is 0 Å². The quantitative estimate of drug-likeness (QED) is 0.510. The Bertz CT molecular complexity index is 552. The summed E-state index contributed by atoms with van der Waals surface area (Å²) in [6.45, 7) is 2.29. The van der Waals surface area contributed by atoms with Gasteiger partial charge < -0.3 is 32.4 Å². The normalized spacial score (nSPS) is 9.43. The van der Waals surface area contributed by atoms with E-state index in [0.717, 1.165) is 0 Å². The fourth-order valence-electron chi connectivity index (χ4n) is 1.06. The van der Waals surface area contributed by atoms with Crippen LogP contribution in [0.2, 0.25) is 0 Å². The van der Waals surface area contributed by atoms with Gasteiger partial charge in [-0.05, 0) is 6.92 Å². The van der Waals surface area contributed by atoms with Crippen molar-refractivity contribution >= 4 is 23.8 Å². The van der Waals surface area contributed by atoms with Crippen molar-refractivity contribution in [2.75, 3.05) is 36.7 Å².